The summed E-state index contributed by atoms with van der Waals surface area (Å²) in [5, 5.41) is 2.92. The molecule has 27 heavy (non-hydrogen) atoms. The first-order valence-electron chi connectivity index (χ1n) is 7.92. The minimum absolute atomic E-state index is 0.0463. The van der Waals surface area contributed by atoms with E-state index in [0.29, 0.717) is 22.0 Å². The molecule has 1 heterocycles. The third-order valence-electron chi connectivity index (χ3n) is 4.52. The van der Waals surface area contributed by atoms with E-state index in [-0.39, 0.29) is 23.9 Å². The van der Waals surface area contributed by atoms with Gasteiger partial charge in [-0.25, -0.2) is 0 Å². The normalized spacial score (nSPS) is 25.2. The smallest absolute Gasteiger partial charge is 0.293 e. The van der Waals surface area contributed by atoms with Crippen molar-refractivity contribution in [3.05, 3.63) is 38.7 Å². The fourth-order valence-corrected chi connectivity index (χ4v) is 4.51. The van der Waals surface area contributed by atoms with Crippen molar-refractivity contribution in [1.82, 2.24) is 10.2 Å². The van der Waals surface area contributed by atoms with E-state index in [4.69, 9.17) is 46.4 Å². The van der Waals surface area contributed by atoms with Crippen molar-refractivity contribution in [3.63, 3.8) is 0 Å². The first-order chi connectivity index (χ1) is 12.6. The minimum atomic E-state index is -1.07. The van der Waals surface area contributed by atoms with Gasteiger partial charge in [0.05, 0.1) is 20.4 Å². The van der Waals surface area contributed by atoms with Gasteiger partial charge in [-0.3, -0.25) is 19.3 Å². The number of hydrogen-bond donors (Lipinski definition) is 1. The Kier molecular flexibility index (Phi) is 5.77. The zero-order valence-corrected chi connectivity index (χ0v) is 17.9. The Balaban J connectivity index is 1.62. The fraction of sp³-hybridized carbons (Fsp3) is 0.353. The lowest BCUT2D eigenvalue weighted by Crippen LogP contribution is -2.40. The molecule has 1 unspecified atom stereocenters. The van der Waals surface area contributed by atoms with Crippen molar-refractivity contribution >= 4 is 81.3 Å². The van der Waals surface area contributed by atoms with Crippen LogP contribution < -0.4 is 5.32 Å². The Morgan fingerprint density at radius 3 is 2.63 bits per heavy atom. The van der Waals surface area contributed by atoms with Gasteiger partial charge < -0.3 is 5.32 Å². The lowest BCUT2D eigenvalue weighted by Gasteiger charge is -2.16. The Labute approximate surface area is 180 Å². The lowest BCUT2D eigenvalue weighted by atomic mass is 10.1. The molecule has 1 aromatic rings. The first-order valence-corrected chi connectivity index (χ1v) is 10.3. The molecule has 0 radical (unpaired) electrons. The van der Waals surface area contributed by atoms with Crippen LogP contribution in [-0.4, -0.2) is 39.4 Å². The molecular weight excluding hydrogens is 454 g/mol. The van der Waals surface area contributed by atoms with Crippen molar-refractivity contribution in [2.24, 2.45) is 5.41 Å². The molecule has 2 aliphatic rings. The molecule has 0 spiro atoms. The molecule has 1 saturated carbocycles. The maximum atomic E-state index is 12.5. The summed E-state index contributed by atoms with van der Waals surface area (Å²) < 4.78 is -1.07. The average Bonchev–Trinajstić information content (AvgIpc) is 3.01. The van der Waals surface area contributed by atoms with E-state index in [1.807, 2.05) is 0 Å². The highest BCUT2D eigenvalue weighted by Gasteiger charge is 2.67. The van der Waals surface area contributed by atoms with Crippen molar-refractivity contribution < 1.29 is 14.4 Å². The SMILES string of the molecule is CC1(C(=O)NCCN2C(=O)S/C(=C\c3cccc(Cl)c3Cl)C2=O)CC1(Cl)Cl. The van der Waals surface area contributed by atoms with E-state index < -0.39 is 20.9 Å². The molecule has 3 rings (SSSR count). The van der Waals surface area contributed by atoms with Crippen LogP contribution in [-0.2, 0) is 9.59 Å². The van der Waals surface area contributed by atoms with Crippen LogP contribution in [0.2, 0.25) is 10.0 Å². The highest BCUT2D eigenvalue weighted by molar-refractivity contribution is 8.18. The molecule has 1 aliphatic carbocycles. The highest BCUT2D eigenvalue weighted by atomic mass is 35.5. The molecule has 1 atom stereocenters. The standard InChI is InChI=1S/C17H14Cl4N2O3S/c1-16(8-17(16,20)21)14(25)22-5-6-23-13(24)11(27-15(23)26)7-9-3-2-4-10(18)12(9)19/h2-4,7H,5-6,8H2,1H3,(H,22,25)/b11-7-. The van der Waals surface area contributed by atoms with Crippen LogP contribution in [0.4, 0.5) is 4.79 Å². The summed E-state index contributed by atoms with van der Waals surface area (Å²) >= 11 is 24.8. The Bertz CT molecular complexity index is 874. The second-order valence-electron chi connectivity index (χ2n) is 6.45. The number of nitrogens with one attached hydrogen (secondary N) is 1. The molecule has 1 aliphatic heterocycles. The summed E-state index contributed by atoms with van der Waals surface area (Å²) in [7, 11) is 0. The largest absolute Gasteiger partial charge is 0.354 e. The summed E-state index contributed by atoms with van der Waals surface area (Å²) in [6.45, 7) is 1.83. The molecule has 1 N–H and O–H groups in total. The molecule has 2 fully saturated rings. The van der Waals surface area contributed by atoms with Crippen LogP contribution in [0.3, 0.4) is 0 Å². The number of alkyl halides is 2. The predicted octanol–water partition coefficient (Wildman–Crippen LogP) is 4.73. The molecule has 5 nitrogen and oxygen atoms in total. The molecule has 3 amide bonds. The van der Waals surface area contributed by atoms with E-state index >= 15 is 0 Å². The number of amides is 3. The van der Waals surface area contributed by atoms with E-state index in [1.54, 1.807) is 25.1 Å². The molecular formula is C17H14Cl4N2O3S. The van der Waals surface area contributed by atoms with Crippen molar-refractivity contribution in [2.45, 2.75) is 17.7 Å². The maximum Gasteiger partial charge on any atom is 0.293 e. The number of halogens is 4. The van der Waals surface area contributed by atoms with Gasteiger partial charge in [0.25, 0.3) is 11.1 Å². The zero-order chi connectivity index (χ0) is 20.0. The van der Waals surface area contributed by atoms with Gasteiger partial charge in [-0.2, -0.15) is 0 Å². The number of nitrogens with zero attached hydrogens (tertiary/aromatic N) is 1. The van der Waals surface area contributed by atoms with Gasteiger partial charge in [0.1, 0.15) is 4.33 Å². The quantitative estimate of drug-likeness (QED) is 0.502. The van der Waals surface area contributed by atoms with Gasteiger partial charge in [0.15, 0.2) is 0 Å². The first kappa shape index (κ1) is 20.8. The van der Waals surface area contributed by atoms with Crippen molar-refractivity contribution in [1.29, 1.82) is 0 Å². The second-order valence-corrected chi connectivity index (χ2v) is 9.71. The van der Waals surface area contributed by atoms with Crippen LogP contribution in [0.1, 0.15) is 18.9 Å². The zero-order valence-electron chi connectivity index (χ0n) is 14.0. The third-order valence-corrected chi connectivity index (χ3v) is 7.36. The van der Waals surface area contributed by atoms with Crippen LogP contribution in [0.25, 0.3) is 6.08 Å². The van der Waals surface area contributed by atoms with Crippen LogP contribution in [0, 0.1) is 5.41 Å². The van der Waals surface area contributed by atoms with E-state index in [1.165, 1.54) is 6.08 Å². The van der Waals surface area contributed by atoms with Gasteiger partial charge in [-0.1, -0.05) is 35.3 Å². The molecule has 1 saturated heterocycles. The lowest BCUT2D eigenvalue weighted by molar-refractivity contribution is -0.127. The number of thioether (sulfide) groups is 1. The van der Waals surface area contributed by atoms with Gasteiger partial charge in [-0.05, 0) is 42.8 Å². The van der Waals surface area contributed by atoms with Crippen LogP contribution in [0.15, 0.2) is 23.1 Å². The fourth-order valence-electron chi connectivity index (χ4n) is 2.59. The Morgan fingerprint density at radius 2 is 2.00 bits per heavy atom. The number of benzene rings is 1. The Hall–Kier alpha value is -0.920. The summed E-state index contributed by atoms with van der Waals surface area (Å²) in [6.07, 6.45) is 1.89. The number of carbonyl (C=O) groups excluding carboxylic acids is 3. The summed E-state index contributed by atoms with van der Waals surface area (Å²) in [4.78, 5) is 38.1. The van der Waals surface area contributed by atoms with Gasteiger partial charge in [-0.15, -0.1) is 23.2 Å². The van der Waals surface area contributed by atoms with Gasteiger partial charge in [0.2, 0.25) is 5.91 Å². The molecule has 144 valence electrons. The topological polar surface area (TPSA) is 66.5 Å². The summed E-state index contributed by atoms with van der Waals surface area (Å²) in [6, 6.07) is 5.03. The Morgan fingerprint density at radius 1 is 1.33 bits per heavy atom. The van der Waals surface area contributed by atoms with Crippen LogP contribution in [0.5, 0.6) is 0 Å². The highest BCUT2D eigenvalue weighted by Crippen LogP contribution is 2.63. The maximum absolute atomic E-state index is 12.5. The minimum Gasteiger partial charge on any atom is -0.354 e. The van der Waals surface area contributed by atoms with E-state index in [0.717, 1.165) is 16.7 Å². The molecule has 1 aromatic carbocycles. The number of rotatable bonds is 5. The third kappa shape index (κ3) is 3.96. The van der Waals surface area contributed by atoms with Crippen molar-refractivity contribution in [2.75, 3.05) is 13.1 Å². The number of hydrogen-bond acceptors (Lipinski definition) is 4. The van der Waals surface area contributed by atoms with Crippen LogP contribution >= 0.6 is 58.2 Å². The van der Waals surface area contributed by atoms with E-state index in [9.17, 15) is 14.4 Å². The summed E-state index contributed by atoms with van der Waals surface area (Å²) in [5.74, 6) is -0.752. The van der Waals surface area contributed by atoms with E-state index in [2.05, 4.69) is 5.32 Å². The average molecular weight is 468 g/mol. The predicted molar refractivity (Wildman–Crippen MR) is 109 cm³/mol. The second kappa shape index (κ2) is 7.48. The molecule has 10 heteroatoms. The van der Waals surface area contributed by atoms with Gasteiger partial charge in [0, 0.05) is 13.1 Å². The summed E-state index contributed by atoms with van der Waals surface area (Å²) in [5.41, 5.74) is -0.302. The number of carbonyl (C=O) groups is 3. The van der Waals surface area contributed by atoms with Gasteiger partial charge >= 0.3 is 0 Å². The molecule has 0 aromatic heterocycles. The number of imide groups is 1. The monoisotopic (exact) mass is 466 g/mol. The van der Waals surface area contributed by atoms with Crippen molar-refractivity contribution in [3.8, 4) is 0 Å². The molecule has 0 bridgehead atoms.